The van der Waals surface area contributed by atoms with Crippen LogP contribution in [0.15, 0.2) is 0 Å². The summed E-state index contributed by atoms with van der Waals surface area (Å²) in [6, 6.07) is -3.29. The number of amides is 1. The van der Waals surface area contributed by atoms with Gasteiger partial charge in [0.15, 0.2) is 0 Å². The van der Waals surface area contributed by atoms with E-state index in [1.807, 2.05) is 0 Å². The summed E-state index contributed by atoms with van der Waals surface area (Å²) in [5.74, 6) is -4.00. The quantitative estimate of drug-likeness (QED) is 0.195. The van der Waals surface area contributed by atoms with E-state index < -0.39 is 54.1 Å². The van der Waals surface area contributed by atoms with E-state index in [-0.39, 0.29) is 12.8 Å². The number of hydrogen-bond donors (Lipinski definition) is 9. The van der Waals surface area contributed by atoms with Crippen LogP contribution in [0.3, 0.4) is 0 Å². The van der Waals surface area contributed by atoms with Gasteiger partial charge in [-0.25, -0.2) is 0 Å². The number of carboxylic acids is 3. The Morgan fingerprint density at radius 1 is 0.769 bits per heavy atom. The molecular formula is C13H28N4O9. The van der Waals surface area contributed by atoms with Gasteiger partial charge >= 0.3 is 17.9 Å². The van der Waals surface area contributed by atoms with Crippen LogP contribution in [0.2, 0.25) is 0 Å². The molecule has 0 saturated heterocycles. The zero-order valence-corrected chi connectivity index (χ0v) is 14.5. The number of aliphatic hydroxyl groups excluding tert-OH is 2. The van der Waals surface area contributed by atoms with Crippen molar-refractivity contribution in [2.24, 2.45) is 22.9 Å². The molecule has 26 heavy (non-hydrogen) atoms. The number of nitrogens with two attached hydrogens (primary N) is 4. The molecule has 0 spiro atoms. The van der Waals surface area contributed by atoms with E-state index in [1.54, 1.807) is 0 Å². The maximum absolute atomic E-state index is 10.1. The first kappa shape index (κ1) is 28.5. The number of aliphatic hydroxyl groups is 2. The van der Waals surface area contributed by atoms with E-state index >= 15 is 0 Å². The van der Waals surface area contributed by atoms with Gasteiger partial charge in [0, 0.05) is 6.42 Å². The summed E-state index contributed by atoms with van der Waals surface area (Å²) in [5.41, 5.74) is 19.6. The number of hydrogen-bond acceptors (Lipinski definition) is 9. The Morgan fingerprint density at radius 3 is 1.19 bits per heavy atom. The van der Waals surface area contributed by atoms with Gasteiger partial charge in [-0.1, -0.05) is 0 Å². The van der Waals surface area contributed by atoms with Crippen LogP contribution in [0.1, 0.15) is 26.7 Å². The Balaban J connectivity index is -0.000000308. The summed E-state index contributed by atoms with van der Waals surface area (Å²) < 4.78 is 0. The van der Waals surface area contributed by atoms with Crippen molar-refractivity contribution < 1.29 is 44.7 Å². The zero-order valence-electron chi connectivity index (χ0n) is 14.5. The third-order valence-corrected chi connectivity index (χ3v) is 2.63. The molecule has 0 rings (SSSR count). The molecule has 0 saturated carbocycles. The van der Waals surface area contributed by atoms with Crippen LogP contribution in [-0.4, -0.2) is 79.7 Å². The van der Waals surface area contributed by atoms with Crippen molar-refractivity contribution in [1.29, 1.82) is 0 Å². The Labute approximate surface area is 149 Å². The maximum atomic E-state index is 10.1. The lowest BCUT2D eigenvalue weighted by atomic mass is 10.2. The van der Waals surface area contributed by atoms with Crippen molar-refractivity contribution in [2.75, 3.05) is 0 Å². The molecule has 0 aromatic carbocycles. The highest BCUT2D eigenvalue weighted by molar-refractivity contribution is 5.77. The fraction of sp³-hybridized carbons (Fsp3) is 0.692. The molecule has 13 N–H and O–H groups in total. The number of primary amides is 1. The average Bonchev–Trinajstić information content (AvgIpc) is 2.51. The van der Waals surface area contributed by atoms with Crippen LogP contribution in [-0.2, 0) is 19.2 Å². The van der Waals surface area contributed by atoms with Crippen LogP contribution in [0.25, 0.3) is 0 Å². The Bertz CT molecular complexity index is 433. The minimum Gasteiger partial charge on any atom is -0.480 e. The van der Waals surface area contributed by atoms with Crippen LogP contribution < -0.4 is 22.9 Å². The number of carboxylic acid groups (broad SMARTS) is 3. The first-order chi connectivity index (χ1) is 11.6. The van der Waals surface area contributed by atoms with E-state index in [0.29, 0.717) is 0 Å². The molecule has 0 aliphatic rings. The third kappa shape index (κ3) is 18.0. The van der Waals surface area contributed by atoms with Gasteiger partial charge in [-0.2, -0.15) is 0 Å². The summed E-state index contributed by atoms with van der Waals surface area (Å²) >= 11 is 0. The fourth-order valence-corrected chi connectivity index (χ4v) is 0.834. The molecule has 1 amide bonds. The van der Waals surface area contributed by atoms with E-state index in [9.17, 15) is 19.2 Å². The molecule has 0 aromatic heterocycles. The van der Waals surface area contributed by atoms with Gasteiger partial charge < -0.3 is 48.5 Å². The fourth-order valence-electron chi connectivity index (χ4n) is 0.834. The van der Waals surface area contributed by atoms with E-state index in [2.05, 4.69) is 0 Å². The number of carbonyl (C=O) groups excluding carboxylic acids is 1. The van der Waals surface area contributed by atoms with Gasteiger partial charge in [0.25, 0.3) is 0 Å². The predicted octanol–water partition coefficient (Wildman–Crippen LogP) is -3.78. The molecule has 0 heterocycles. The number of carbonyl (C=O) groups is 4. The second kappa shape index (κ2) is 15.0. The van der Waals surface area contributed by atoms with Gasteiger partial charge in [-0.15, -0.1) is 0 Å². The van der Waals surface area contributed by atoms with Crippen molar-refractivity contribution in [3.05, 3.63) is 0 Å². The largest absolute Gasteiger partial charge is 0.480 e. The minimum atomic E-state index is -1.18. The highest BCUT2D eigenvalue weighted by Gasteiger charge is 2.16. The molecule has 5 unspecified atom stereocenters. The lowest BCUT2D eigenvalue weighted by Gasteiger charge is -2.07. The third-order valence-electron chi connectivity index (χ3n) is 2.63. The van der Waals surface area contributed by atoms with E-state index in [1.165, 1.54) is 13.8 Å². The predicted molar refractivity (Wildman–Crippen MR) is 88.6 cm³/mol. The van der Waals surface area contributed by atoms with Crippen molar-refractivity contribution in [3.8, 4) is 0 Å². The zero-order chi connectivity index (χ0) is 21.6. The SMILES string of the molecule is CC(O)C(N)C(=O)O.CC(O)C(N)C(=O)O.NC(=O)CCC(N)C(=O)O. The summed E-state index contributed by atoms with van der Waals surface area (Å²) in [5, 5.41) is 41.3. The van der Waals surface area contributed by atoms with Gasteiger partial charge in [-0.05, 0) is 20.3 Å². The van der Waals surface area contributed by atoms with Crippen LogP contribution in [0.5, 0.6) is 0 Å². The number of aliphatic carboxylic acids is 3. The topological polar surface area (TPSA) is 274 Å². The van der Waals surface area contributed by atoms with E-state index in [4.69, 9.17) is 48.5 Å². The molecule has 13 heteroatoms. The standard InChI is InChI=1S/C5H10N2O3.2C4H9NO3/c6-3(5(9)10)1-2-4(7)8;2*1-2(6)3(5)4(7)8/h3H,1-2,6H2,(H2,7,8)(H,9,10);2*2-3,6H,5H2,1H3,(H,7,8). The molecule has 0 fully saturated rings. The van der Waals surface area contributed by atoms with Crippen molar-refractivity contribution in [3.63, 3.8) is 0 Å². The lowest BCUT2D eigenvalue weighted by Crippen LogP contribution is -2.39. The Morgan fingerprint density at radius 2 is 1.08 bits per heavy atom. The average molecular weight is 384 g/mol. The van der Waals surface area contributed by atoms with Gasteiger partial charge in [0.2, 0.25) is 5.91 Å². The van der Waals surface area contributed by atoms with Crippen LogP contribution in [0, 0.1) is 0 Å². The van der Waals surface area contributed by atoms with Crippen molar-refractivity contribution >= 4 is 23.8 Å². The van der Waals surface area contributed by atoms with Crippen LogP contribution >= 0.6 is 0 Å². The Kier molecular flexibility index (Phi) is 16.4. The molecule has 154 valence electrons. The molecule has 13 nitrogen and oxygen atoms in total. The second-order valence-electron chi connectivity index (χ2n) is 5.16. The summed E-state index contributed by atoms with van der Waals surface area (Å²) in [7, 11) is 0. The molecule has 0 aliphatic carbocycles. The van der Waals surface area contributed by atoms with Gasteiger partial charge in [0.05, 0.1) is 12.2 Å². The summed E-state index contributed by atoms with van der Waals surface area (Å²) in [4.78, 5) is 39.8. The smallest absolute Gasteiger partial charge is 0.323 e. The van der Waals surface area contributed by atoms with Gasteiger partial charge in [0.1, 0.15) is 18.1 Å². The summed E-state index contributed by atoms with van der Waals surface area (Å²) in [6.07, 6.45) is -1.84. The molecule has 0 radical (unpaired) electrons. The first-order valence-electron chi connectivity index (χ1n) is 7.24. The molecule has 5 atom stereocenters. The number of rotatable bonds is 8. The van der Waals surface area contributed by atoms with E-state index in [0.717, 1.165) is 0 Å². The summed E-state index contributed by atoms with van der Waals surface area (Å²) in [6.45, 7) is 2.66. The molecule has 0 aliphatic heterocycles. The molecule has 0 bridgehead atoms. The highest BCUT2D eigenvalue weighted by Crippen LogP contribution is 1.92. The maximum Gasteiger partial charge on any atom is 0.323 e. The van der Waals surface area contributed by atoms with Crippen molar-refractivity contribution in [1.82, 2.24) is 0 Å². The van der Waals surface area contributed by atoms with Gasteiger partial charge in [-0.3, -0.25) is 19.2 Å². The Hall–Kier alpha value is -2.32. The highest BCUT2D eigenvalue weighted by atomic mass is 16.4. The normalized spacial score (nSPS) is 15.5. The monoisotopic (exact) mass is 384 g/mol. The first-order valence-corrected chi connectivity index (χ1v) is 7.24. The molecule has 0 aromatic rings. The molecular weight excluding hydrogens is 356 g/mol. The lowest BCUT2D eigenvalue weighted by molar-refractivity contribution is -0.141. The minimum absolute atomic E-state index is 0.0213. The second-order valence-corrected chi connectivity index (χ2v) is 5.16. The van der Waals surface area contributed by atoms with Crippen LogP contribution in [0.4, 0.5) is 0 Å². The van der Waals surface area contributed by atoms with Crippen molar-refractivity contribution in [2.45, 2.75) is 57.0 Å².